The number of hydrogen-bond acceptors (Lipinski definition) is 7. The number of anilines is 2. The maximum absolute atomic E-state index is 12.1. The number of aryl methyl sites for hydroxylation is 1. The number of nitrogens with one attached hydrogen (secondary N) is 2. The topological polar surface area (TPSA) is 131 Å². The second kappa shape index (κ2) is 10.4. The Labute approximate surface area is 184 Å². The Kier molecular flexibility index (Phi) is 7.37. The number of benzene rings is 2. The standard InChI is InChI=1S/C22H24N4O6/c1-15-11-17(25-9-2-3-10-25)7-8-19(15)24-20(27)14-32-21(28)13-23-22(29)16-5-4-6-18(12-16)26(30)31/h4-8,11-12H,2-3,9-10,13-14H2,1H3,(H,23,29)(H,24,27). The Hall–Kier alpha value is -3.95. The van der Waals surface area contributed by atoms with Crippen LogP contribution in [0.25, 0.3) is 0 Å². The first-order valence-electron chi connectivity index (χ1n) is 10.2. The van der Waals surface area contributed by atoms with Crippen LogP contribution in [0.2, 0.25) is 0 Å². The molecular weight excluding hydrogens is 416 g/mol. The summed E-state index contributed by atoms with van der Waals surface area (Å²) in [5.41, 5.74) is 2.45. The Morgan fingerprint density at radius 2 is 1.88 bits per heavy atom. The fourth-order valence-corrected chi connectivity index (χ4v) is 3.36. The van der Waals surface area contributed by atoms with Gasteiger partial charge in [-0.05, 0) is 49.6 Å². The highest BCUT2D eigenvalue weighted by Gasteiger charge is 2.16. The zero-order chi connectivity index (χ0) is 23.1. The minimum absolute atomic E-state index is 0.0394. The fourth-order valence-electron chi connectivity index (χ4n) is 3.36. The number of rotatable bonds is 8. The molecule has 1 saturated heterocycles. The summed E-state index contributed by atoms with van der Waals surface area (Å²) in [5.74, 6) is -1.97. The molecule has 2 aromatic carbocycles. The second-order valence-corrected chi connectivity index (χ2v) is 7.39. The van der Waals surface area contributed by atoms with Crippen molar-refractivity contribution in [2.24, 2.45) is 0 Å². The van der Waals surface area contributed by atoms with E-state index in [4.69, 9.17) is 4.74 Å². The Morgan fingerprint density at radius 1 is 1.12 bits per heavy atom. The van der Waals surface area contributed by atoms with E-state index < -0.39 is 35.9 Å². The molecule has 10 nitrogen and oxygen atoms in total. The summed E-state index contributed by atoms with van der Waals surface area (Å²) in [6.45, 7) is 2.97. The van der Waals surface area contributed by atoms with Gasteiger partial charge in [0.25, 0.3) is 17.5 Å². The third kappa shape index (κ3) is 6.03. The van der Waals surface area contributed by atoms with Crippen molar-refractivity contribution in [1.82, 2.24) is 5.32 Å². The van der Waals surface area contributed by atoms with Crippen molar-refractivity contribution in [2.75, 3.05) is 36.5 Å². The molecule has 0 unspecified atom stereocenters. The van der Waals surface area contributed by atoms with Gasteiger partial charge in [-0.15, -0.1) is 0 Å². The van der Waals surface area contributed by atoms with Crippen molar-refractivity contribution >= 4 is 34.8 Å². The Morgan fingerprint density at radius 3 is 2.56 bits per heavy atom. The van der Waals surface area contributed by atoms with Crippen LogP contribution in [0.5, 0.6) is 0 Å². The van der Waals surface area contributed by atoms with Gasteiger partial charge in [0.2, 0.25) is 0 Å². The van der Waals surface area contributed by atoms with E-state index in [2.05, 4.69) is 15.5 Å². The van der Waals surface area contributed by atoms with Crippen LogP contribution in [0.3, 0.4) is 0 Å². The number of esters is 1. The largest absolute Gasteiger partial charge is 0.454 e. The smallest absolute Gasteiger partial charge is 0.325 e. The lowest BCUT2D eigenvalue weighted by molar-refractivity contribution is -0.384. The molecule has 1 aliphatic heterocycles. The van der Waals surface area contributed by atoms with E-state index in [0.29, 0.717) is 5.69 Å². The highest BCUT2D eigenvalue weighted by atomic mass is 16.6. The van der Waals surface area contributed by atoms with Crippen molar-refractivity contribution in [3.05, 3.63) is 63.7 Å². The molecule has 3 rings (SSSR count). The number of hydrogen-bond donors (Lipinski definition) is 2. The van der Waals surface area contributed by atoms with E-state index in [1.165, 1.54) is 31.0 Å². The molecule has 0 saturated carbocycles. The lowest BCUT2D eigenvalue weighted by Crippen LogP contribution is -2.32. The number of nitrogens with zero attached hydrogens (tertiary/aromatic N) is 2. The molecule has 0 aliphatic carbocycles. The summed E-state index contributed by atoms with van der Waals surface area (Å²) in [7, 11) is 0. The number of ether oxygens (including phenoxy) is 1. The number of non-ortho nitro benzene ring substituents is 1. The van der Waals surface area contributed by atoms with Crippen LogP contribution < -0.4 is 15.5 Å². The van der Waals surface area contributed by atoms with E-state index in [9.17, 15) is 24.5 Å². The molecule has 0 bridgehead atoms. The average Bonchev–Trinajstić information content (AvgIpc) is 3.32. The molecule has 32 heavy (non-hydrogen) atoms. The number of carbonyl (C=O) groups is 3. The van der Waals surface area contributed by atoms with E-state index in [1.807, 2.05) is 25.1 Å². The van der Waals surface area contributed by atoms with Crippen molar-refractivity contribution in [1.29, 1.82) is 0 Å². The van der Waals surface area contributed by atoms with Crippen LogP contribution in [0.15, 0.2) is 42.5 Å². The second-order valence-electron chi connectivity index (χ2n) is 7.39. The van der Waals surface area contributed by atoms with Gasteiger partial charge in [-0.1, -0.05) is 6.07 Å². The van der Waals surface area contributed by atoms with Gasteiger partial charge >= 0.3 is 5.97 Å². The normalized spacial score (nSPS) is 12.8. The van der Waals surface area contributed by atoms with Gasteiger partial charge in [0, 0.05) is 42.2 Å². The maximum atomic E-state index is 12.1. The van der Waals surface area contributed by atoms with Crippen molar-refractivity contribution in [2.45, 2.75) is 19.8 Å². The third-order valence-corrected chi connectivity index (χ3v) is 5.03. The van der Waals surface area contributed by atoms with Crippen LogP contribution in [0, 0.1) is 17.0 Å². The number of carbonyl (C=O) groups excluding carboxylic acids is 3. The first-order valence-corrected chi connectivity index (χ1v) is 10.2. The molecule has 0 spiro atoms. The molecule has 1 fully saturated rings. The van der Waals surface area contributed by atoms with Gasteiger partial charge in [0.05, 0.1) is 4.92 Å². The van der Waals surface area contributed by atoms with Crippen LogP contribution in [0.1, 0.15) is 28.8 Å². The molecule has 0 aromatic heterocycles. The molecule has 0 radical (unpaired) electrons. The third-order valence-electron chi connectivity index (χ3n) is 5.03. The molecule has 168 valence electrons. The van der Waals surface area contributed by atoms with E-state index in [0.717, 1.165) is 30.4 Å². The molecule has 2 aromatic rings. The van der Waals surface area contributed by atoms with Gasteiger partial charge in [0.15, 0.2) is 6.61 Å². The maximum Gasteiger partial charge on any atom is 0.325 e. The average molecular weight is 440 g/mol. The zero-order valence-corrected chi connectivity index (χ0v) is 17.6. The minimum atomic E-state index is -0.806. The van der Waals surface area contributed by atoms with Crippen LogP contribution in [0.4, 0.5) is 17.1 Å². The quantitative estimate of drug-likeness (QED) is 0.366. The summed E-state index contributed by atoms with van der Waals surface area (Å²) < 4.78 is 4.89. The van der Waals surface area contributed by atoms with Crippen molar-refractivity contribution in [3.63, 3.8) is 0 Å². The lowest BCUT2D eigenvalue weighted by atomic mass is 10.1. The first kappa shape index (κ1) is 22.7. The summed E-state index contributed by atoms with van der Waals surface area (Å²) in [4.78, 5) is 48.5. The SMILES string of the molecule is Cc1cc(N2CCCC2)ccc1NC(=O)COC(=O)CNC(=O)c1cccc([N+](=O)[O-])c1. The highest BCUT2D eigenvalue weighted by Crippen LogP contribution is 2.25. The summed E-state index contributed by atoms with van der Waals surface area (Å²) in [6, 6.07) is 10.9. The molecule has 10 heteroatoms. The van der Waals surface area contributed by atoms with Gasteiger partial charge in [-0.2, -0.15) is 0 Å². The van der Waals surface area contributed by atoms with Gasteiger partial charge < -0.3 is 20.3 Å². The predicted octanol–water partition coefficient (Wildman–Crippen LogP) is 2.42. The minimum Gasteiger partial charge on any atom is -0.454 e. The summed E-state index contributed by atoms with van der Waals surface area (Å²) >= 11 is 0. The molecule has 1 aliphatic rings. The first-order chi connectivity index (χ1) is 15.3. The summed E-state index contributed by atoms with van der Waals surface area (Å²) in [6.07, 6.45) is 2.35. The monoisotopic (exact) mass is 440 g/mol. The molecular formula is C22H24N4O6. The van der Waals surface area contributed by atoms with E-state index in [1.54, 1.807) is 0 Å². The number of nitro groups is 1. The summed E-state index contributed by atoms with van der Waals surface area (Å²) in [5, 5.41) is 15.8. The molecule has 2 N–H and O–H groups in total. The predicted molar refractivity (Wildman–Crippen MR) is 118 cm³/mol. The van der Waals surface area contributed by atoms with Crippen LogP contribution >= 0.6 is 0 Å². The van der Waals surface area contributed by atoms with Crippen molar-refractivity contribution in [3.8, 4) is 0 Å². The zero-order valence-electron chi connectivity index (χ0n) is 17.6. The fraction of sp³-hybridized carbons (Fsp3) is 0.318. The lowest BCUT2D eigenvalue weighted by Gasteiger charge is -2.19. The Bertz CT molecular complexity index is 1030. The van der Waals surface area contributed by atoms with E-state index in [-0.39, 0.29) is 11.3 Å². The molecule has 0 atom stereocenters. The molecule has 2 amide bonds. The number of nitro benzene ring substituents is 1. The van der Waals surface area contributed by atoms with Crippen LogP contribution in [-0.4, -0.2) is 48.9 Å². The van der Waals surface area contributed by atoms with Gasteiger partial charge in [-0.25, -0.2) is 0 Å². The highest BCUT2D eigenvalue weighted by molar-refractivity contribution is 5.97. The van der Waals surface area contributed by atoms with Crippen molar-refractivity contribution < 1.29 is 24.0 Å². The van der Waals surface area contributed by atoms with Gasteiger partial charge in [0.1, 0.15) is 6.54 Å². The van der Waals surface area contributed by atoms with Crippen LogP contribution in [-0.2, 0) is 14.3 Å². The molecule has 1 heterocycles. The van der Waals surface area contributed by atoms with E-state index >= 15 is 0 Å². The number of amides is 2. The Balaban J connectivity index is 1.43. The van der Waals surface area contributed by atoms with Gasteiger partial charge in [-0.3, -0.25) is 24.5 Å².